The van der Waals surface area contributed by atoms with Crippen molar-refractivity contribution in [1.29, 1.82) is 0 Å². The molecule has 0 amide bonds. The number of hydrogen-bond acceptors (Lipinski definition) is 3. The minimum atomic E-state index is -0.842. The standard InChI is InChI=1S/C19H15IN5O2/c20-25(17-12-6-2-7-13-17,18-14-8-3-9-15-18)22-19(21-23-24(26)27)16-10-4-1-5-11-16/h1-15H/q+1. The van der Waals surface area contributed by atoms with Gasteiger partial charge in [0.05, 0.1) is 10.6 Å². The average molecular weight is 472 g/mol. The monoisotopic (exact) mass is 472 g/mol. The second-order valence-corrected chi connectivity index (χ2v) is 6.84. The van der Waals surface area contributed by atoms with Crippen LogP contribution in [0.3, 0.4) is 0 Å². The van der Waals surface area contributed by atoms with Crippen molar-refractivity contribution in [2.24, 2.45) is 15.4 Å². The highest BCUT2D eigenvalue weighted by molar-refractivity contribution is 14.1. The molecule has 0 radical (unpaired) electrons. The zero-order valence-corrected chi connectivity index (χ0v) is 16.2. The summed E-state index contributed by atoms with van der Waals surface area (Å²) in [7, 11) is 0. The molecule has 8 heteroatoms. The molecular formula is C19H15IN5O2+. The van der Waals surface area contributed by atoms with Gasteiger partial charge in [0.1, 0.15) is 5.11 Å². The number of rotatable bonds is 5. The number of hydrogen-bond donors (Lipinski definition) is 0. The van der Waals surface area contributed by atoms with Crippen LogP contribution in [0.15, 0.2) is 106 Å². The second kappa shape index (κ2) is 8.60. The predicted molar refractivity (Wildman–Crippen MR) is 113 cm³/mol. The molecule has 0 aliphatic rings. The summed E-state index contributed by atoms with van der Waals surface area (Å²) in [6, 6.07) is 28.3. The lowest BCUT2D eigenvalue weighted by Crippen LogP contribution is -2.27. The Labute approximate surface area is 169 Å². The number of nitrogens with zero attached hydrogens (tertiary/aromatic N) is 5. The highest BCUT2D eigenvalue weighted by Gasteiger charge is 2.35. The van der Waals surface area contributed by atoms with Gasteiger partial charge in [0.15, 0.2) is 16.6 Å². The third-order valence-electron chi connectivity index (χ3n) is 3.67. The van der Waals surface area contributed by atoms with Crippen LogP contribution in [0.4, 0.5) is 11.4 Å². The lowest BCUT2D eigenvalue weighted by molar-refractivity contribution is -0.493. The molecule has 3 aromatic rings. The molecule has 0 unspecified atom stereocenters. The van der Waals surface area contributed by atoms with E-state index >= 15 is 0 Å². The molecule has 0 aliphatic carbocycles. The molecule has 0 spiro atoms. The number of para-hydroxylation sites is 2. The van der Waals surface area contributed by atoms with Crippen LogP contribution in [0.1, 0.15) is 5.56 Å². The number of amidine groups is 1. The lowest BCUT2D eigenvalue weighted by Gasteiger charge is -2.22. The first-order valence-corrected chi connectivity index (χ1v) is 8.98. The van der Waals surface area contributed by atoms with E-state index in [-0.39, 0.29) is 8.64 Å². The predicted octanol–water partition coefficient (Wildman–Crippen LogP) is 5.68. The summed E-state index contributed by atoms with van der Waals surface area (Å²) in [5, 5.41) is 21.5. The maximum absolute atomic E-state index is 10.7. The first kappa shape index (κ1) is 18.8. The normalized spacial score (nSPS) is 12.3. The van der Waals surface area contributed by atoms with E-state index in [2.05, 4.69) is 33.2 Å². The Morgan fingerprint density at radius 2 is 1.26 bits per heavy atom. The Hall–Kier alpha value is -2.98. The van der Waals surface area contributed by atoms with E-state index in [0.29, 0.717) is 5.56 Å². The van der Waals surface area contributed by atoms with E-state index < -0.39 is 5.03 Å². The van der Waals surface area contributed by atoms with Crippen molar-refractivity contribution in [1.82, 2.24) is 2.81 Å². The summed E-state index contributed by atoms with van der Waals surface area (Å²) in [5.41, 5.74) is 2.37. The van der Waals surface area contributed by atoms with Crippen LogP contribution < -0.4 is 2.81 Å². The van der Waals surface area contributed by atoms with Crippen LogP contribution in [0.25, 0.3) is 0 Å². The summed E-state index contributed by atoms with van der Waals surface area (Å²) in [6.07, 6.45) is 0. The Morgan fingerprint density at radius 1 is 0.815 bits per heavy atom. The first-order chi connectivity index (χ1) is 13.1. The summed E-state index contributed by atoms with van der Waals surface area (Å²) in [4.78, 5) is 10.7. The van der Waals surface area contributed by atoms with Crippen LogP contribution in [0, 0.1) is 10.1 Å². The van der Waals surface area contributed by atoms with Crippen LogP contribution in [0.2, 0.25) is 0 Å². The van der Waals surface area contributed by atoms with Crippen LogP contribution in [-0.2, 0) is 0 Å². The van der Waals surface area contributed by atoms with Gasteiger partial charge in [-0.05, 0) is 17.2 Å². The molecule has 0 N–H and O–H groups in total. The minimum absolute atomic E-state index is 0.000399. The molecule has 7 nitrogen and oxygen atoms in total. The Bertz CT molecular complexity index is 924. The molecule has 0 fully saturated rings. The van der Waals surface area contributed by atoms with Crippen molar-refractivity contribution in [3.63, 3.8) is 0 Å². The topological polar surface area (TPSA) is 80.2 Å². The number of quaternary nitrogens is 1. The Balaban J connectivity index is 2.22. The van der Waals surface area contributed by atoms with Gasteiger partial charge >= 0.3 is 5.84 Å². The third kappa shape index (κ3) is 4.60. The SMILES string of the molecule is O=[N+]([O-])N=NC(=N[N+](I)(c1ccccc1)c1ccccc1)c1ccccc1. The van der Waals surface area contributed by atoms with E-state index in [9.17, 15) is 10.1 Å². The van der Waals surface area contributed by atoms with Gasteiger partial charge in [-0.25, -0.2) is 0 Å². The smallest absolute Gasteiger partial charge is 0.337 e. The van der Waals surface area contributed by atoms with Crippen molar-refractivity contribution in [2.75, 3.05) is 0 Å². The van der Waals surface area contributed by atoms with Gasteiger partial charge in [-0.2, -0.15) is 0 Å². The van der Waals surface area contributed by atoms with Gasteiger partial charge in [0.2, 0.25) is 0 Å². The molecule has 0 atom stereocenters. The van der Waals surface area contributed by atoms with Gasteiger partial charge in [-0.3, -0.25) is 0 Å². The average Bonchev–Trinajstić information content (AvgIpc) is 2.73. The van der Waals surface area contributed by atoms with E-state index in [1.165, 1.54) is 0 Å². The van der Waals surface area contributed by atoms with Crippen LogP contribution >= 0.6 is 22.9 Å². The van der Waals surface area contributed by atoms with E-state index in [4.69, 9.17) is 5.10 Å². The van der Waals surface area contributed by atoms with Crippen molar-refractivity contribution in [3.05, 3.63) is 107 Å². The van der Waals surface area contributed by atoms with Crippen LogP contribution in [-0.4, -0.2) is 10.9 Å². The molecular weight excluding hydrogens is 457 g/mol. The fourth-order valence-corrected chi connectivity index (χ4v) is 3.30. The molecule has 0 aliphatic heterocycles. The summed E-state index contributed by atoms with van der Waals surface area (Å²) in [6.45, 7) is 0. The van der Waals surface area contributed by atoms with Gasteiger partial charge in [0, 0.05) is 24.3 Å². The summed E-state index contributed by atoms with van der Waals surface area (Å²) >= 11 is 2.18. The Kier molecular flexibility index (Phi) is 5.99. The molecule has 0 saturated carbocycles. The van der Waals surface area contributed by atoms with Gasteiger partial charge in [-0.1, -0.05) is 57.4 Å². The largest absolute Gasteiger partial charge is 0.353 e. The van der Waals surface area contributed by atoms with Crippen LogP contribution in [0.5, 0.6) is 0 Å². The number of nitro groups is 1. The molecule has 134 valence electrons. The fourth-order valence-electron chi connectivity index (χ4n) is 2.45. The van der Waals surface area contributed by atoms with Crippen molar-refractivity contribution in [3.8, 4) is 0 Å². The molecule has 27 heavy (non-hydrogen) atoms. The minimum Gasteiger partial charge on any atom is -0.337 e. The lowest BCUT2D eigenvalue weighted by atomic mass is 10.2. The van der Waals surface area contributed by atoms with Gasteiger partial charge in [0.25, 0.3) is 22.9 Å². The van der Waals surface area contributed by atoms with Gasteiger partial charge < -0.3 is 10.1 Å². The zero-order chi connectivity index (χ0) is 19.1. The summed E-state index contributed by atoms with van der Waals surface area (Å²) in [5.74, 6) is 0.161. The number of benzene rings is 3. The van der Waals surface area contributed by atoms with Crippen molar-refractivity contribution >= 4 is 40.1 Å². The highest BCUT2D eigenvalue weighted by Crippen LogP contribution is 2.40. The molecule has 0 aromatic heterocycles. The molecule has 3 rings (SSSR count). The highest BCUT2D eigenvalue weighted by atomic mass is 127. The number of halogens is 1. The molecule has 3 aromatic carbocycles. The molecule has 0 saturated heterocycles. The molecule has 0 bridgehead atoms. The van der Waals surface area contributed by atoms with Crippen molar-refractivity contribution < 1.29 is 5.03 Å². The Morgan fingerprint density at radius 3 is 1.70 bits per heavy atom. The van der Waals surface area contributed by atoms with Crippen molar-refractivity contribution in [2.45, 2.75) is 0 Å². The van der Waals surface area contributed by atoms with Gasteiger partial charge in [-0.15, -0.1) is 0 Å². The second-order valence-electron chi connectivity index (χ2n) is 5.44. The fraction of sp³-hybridized carbons (Fsp3) is 0. The third-order valence-corrected chi connectivity index (χ3v) is 5.00. The quantitative estimate of drug-likeness (QED) is 0.0911. The van der Waals surface area contributed by atoms with E-state index in [0.717, 1.165) is 11.4 Å². The maximum Gasteiger partial charge on any atom is 0.353 e. The zero-order valence-electron chi connectivity index (χ0n) is 14.1. The summed E-state index contributed by atoms with van der Waals surface area (Å²) < 4.78 is 0.000399. The van der Waals surface area contributed by atoms with E-state index in [1.807, 2.05) is 78.9 Å². The maximum atomic E-state index is 10.7. The molecule has 0 heterocycles. The first-order valence-electron chi connectivity index (χ1n) is 8.01. The van der Waals surface area contributed by atoms with E-state index in [1.54, 1.807) is 12.1 Å².